The summed E-state index contributed by atoms with van der Waals surface area (Å²) in [6.07, 6.45) is 2.08. The molecule has 0 spiro atoms. The second-order valence-electron chi connectivity index (χ2n) is 3.88. The van der Waals surface area contributed by atoms with Crippen molar-refractivity contribution >= 4 is 8.05 Å². The Hall–Kier alpha value is -0.0551. The van der Waals surface area contributed by atoms with Crippen molar-refractivity contribution in [3.63, 3.8) is 0 Å². The van der Waals surface area contributed by atoms with Gasteiger partial charge in [0.15, 0.2) is 0 Å². The van der Waals surface area contributed by atoms with E-state index in [1.807, 2.05) is 0 Å². The van der Waals surface area contributed by atoms with E-state index in [1.165, 1.54) is 0 Å². The molecule has 0 aliphatic rings. The van der Waals surface area contributed by atoms with Crippen molar-refractivity contribution < 1.29 is 10.1 Å². The molecule has 0 aliphatic carbocycles. The zero-order chi connectivity index (χ0) is 12.0. The van der Waals surface area contributed by atoms with E-state index < -0.39 is 0 Å². The highest BCUT2D eigenvalue weighted by Crippen LogP contribution is 1.95. The van der Waals surface area contributed by atoms with Crippen LogP contribution >= 0.6 is 0 Å². The molecule has 0 aromatic rings. The largest absolute Gasteiger partial charge is 0.461 e. The fourth-order valence-electron chi connectivity index (χ4n) is 0.592. The van der Waals surface area contributed by atoms with Crippen molar-refractivity contribution in [1.29, 1.82) is 0 Å². The maximum Gasteiger partial charge on any atom is 0.277 e. The average Bonchev–Trinajstić information content (AvgIpc) is 2.08. The van der Waals surface area contributed by atoms with Crippen molar-refractivity contribution in [2.45, 2.75) is 40.5 Å². The molecule has 0 aliphatic heterocycles. The minimum absolute atomic E-state index is 0.331. The van der Waals surface area contributed by atoms with E-state index in [1.54, 1.807) is 0 Å². The molecule has 0 bridgehead atoms. The van der Waals surface area contributed by atoms with Gasteiger partial charge in [0.1, 0.15) is 0 Å². The van der Waals surface area contributed by atoms with E-state index in [0.717, 1.165) is 25.3 Å². The first-order valence-corrected chi connectivity index (χ1v) is 5.11. The molecule has 2 radical (unpaired) electrons. The number of aliphatic hydroxyl groups excluding tert-OH is 1. The molecule has 0 saturated heterocycles. The molecule has 3 nitrogen and oxygen atoms in total. The zero-order valence-corrected chi connectivity index (χ0v) is 10.0. The minimum Gasteiger partial charge on any atom is -0.461 e. The van der Waals surface area contributed by atoms with Crippen molar-refractivity contribution in [1.82, 2.24) is 0 Å². The van der Waals surface area contributed by atoms with Crippen LogP contribution in [0.4, 0.5) is 0 Å². The molecule has 0 rings (SSSR count). The molecule has 14 heavy (non-hydrogen) atoms. The van der Waals surface area contributed by atoms with Gasteiger partial charge in [0.25, 0.3) is 8.05 Å². The molecule has 0 atom stereocenters. The molecule has 0 aromatic heterocycles. The second kappa shape index (κ2) is 18.7. The molecule has 0 saturated carbocycles. The van der Waals surface area contributed by atoms with Crippen LogP contribution in [0.5, 0.6) is 0 Å². The van der Waals surface area contributed by atoms with Crippen LogP contribution in [0.25, 0.3) is 0 Å². The summed E-state index contributed by atoms with van der Waals surface area (Å²) in [5, 5.41) is 14.7. The summed E-state index contributed by atoms with van der Waals surface area (Å²) in [5.74, 6) is 1.42. The van der Waals surface area contributed by atoms with E-state index >= 15 is 0 Å². The van der Waals surface area contributed by atoms with E-state index in [4.69, 9.17) is 15.9 Å². The molecule has 0 fully saturated rings. The van der Waals surface area contributed by atoms with Gasteiger partial charge in [-0.2, -0.15) is 0 Å². The summed E-state index contributed by atoms with van der Waals surface area (Å²) < 4.78 is 0. The van der Waals surface area contributed by atoms with E-state index in [-0.39, 0.29) is 0 Å². The van der Waals surface area contributed by atoms with Crippen LogP contribution in [0, 0.1) is 11.8 Å². The van der Waals surface area contributed by atoms with Gasteiger partial charge in [-0.15, -0.1) is 0 Å². The first-order chi connectivity index (χ1) is 6.54. The third-order valence-corrected chi connectivity index (χ3v) is 1.45. The highest BCUT2D eigenvalue weighted by Gasteiger charge is 1.86. The predicted molar refractivity (Wildman–Crippen MR) is 63.0 cm³/mol. The number of nitrogens with two attached hydrogens (primary N) is 1. The fraction of sp³-hybridized carbons (Fsp3) is 1.00. The smallest absolute Gasteiger partial charge is 0.277 e. The third kappa shape index (κ3) is 40.5. The SMILES string of the molecule is CC(C)CCN.CC(C)CCO.[B]O. The Morgan fingerprint density at radius 3 is 1.36 bits per heavy atom. The first-order valence-electron chi connectivity index (χ1n) is 5.11. The van der Waals surface area contributed by atoms with Gasteiger partial charge in [-0.25, -0.2) is 0 Å². The fourth-order valence-corrected chi connectivity index (χ4v) is 0.592. The number of hydrogen-bond acceptors (Lipinski definition) is 3. The molecule has 86 valence electrons. The molecule has 4 heteroatoms. The van der Waals surface area contributed by atoms with Crippen LogP contribution in [-0.2, 0) is 0 Å². The van der Waals surface area contributed by atoms with Crippen LogP contribution in [0.15, 0.2) is 0 Å². The van der Waals surface area contributed by atoms with Gasteiger partial charge in [0.05, 0.1) is 0 Å². The Morgan fingerprint density at radius 2 is 1.36 bits per heavy atom. The van der Waals surface area contributed by atoms with Crippen molar-refractivity contribution in [2.75, 3.05) is 13.2 Å². The van der Waals surface area contributed by atoms with Gasteiger partial charge in [-0.05, 0) is 31.2 Å². The highest BCUT2D eigenvalue weighted by atomic mass is 16.3. The summed E-state index contributed by atoms with van der Waals surface area (Å²) >= 11 is 0. The molecular weight excluding hydrogens is 177 g/mol. The van der Waals surface area contributed by atoms with E-state index in [2.05, 4.69) is 35.7 Å². The summed E-state index contributed by atoms with van der Waals surface area (Å²) in [6.45, 7) is 9.70. The Balaban J connectivity index is -0.000000147. The molecule has 0 unspecified atom stereocenters. The van der Waals surface area contributed by atoms with E-state index in [9.17, 15) is 0 Å². The van der Waals surface area contributed by atoms with Crippen LogP contribution in [0.3, 0.4) is 0 Å². The Labute approximate surface area is 90.2 Å². The summed E-state index contributed by atoms with van der Waals surface area (Å²) in [5.41, 5.74) is 5.23. The molecular formula is C10H26BNO2. The second-order valence-corrected chi connectivity index (χ2v) is 3.88. The molecule has 0 heterocycles. The van der Waals surface area contributed by atoms with Crippen LogP contribution in [0.2, 0.25) is 0 Å². The van der Waals surface area contributed by atoms with Crippen LogP contribution in [0.1, 0.15) is 40.5 Å². The van der Waals surface area contributed by atoms with Crippen molar-refractivity contribution in [3.8, 4) is 0 Å². The van der Waals surface area contributed by atoms with Crippen molar-refractivity contribution in [3.05, 3.63) is 0 Å². The van der Waals surface area contributed by atoms with Gasteiger partial charge in [0, 0.05) is 6.61 Å². The Morgan fingerprint density at radius 1 is 1.00 bits per heavy atom. The topological polar surface area (TPSA) is 66.5 Å². The summed E-state index contributed by atoms with van der Waals surface area (Å²) in [6, 6.07) is 0. The lowest BCUT2D eigenvalue weighted by Gasteiger charge is -1.96. The quantitative estimate of drug-likeness (QED) is 0.599. The first kappa shape index (κ1) is 19.5. The minimum atomic E-state index is 0.331. The monoisotopic (exact) mass is 203 g/mol. The maximum absolute atomic E-state index is 8.24. The number of aliphatic hydroxyl groups is 1. The van der Waals surface area contributed by atoms with Gasteiger partial charge in [-0.1, -0.05) is 27.7 Å². The molecule has 0 aromatic carbocycles. The Bertz CT molecular complexity index is 70.5. The molecule has 4 N–H and O–H groups in total. The lowest BCUT2D eigenvalue weighted by Crippen LogP contribution is -2.01. The highest BCUT2D eigenvalue weighted by molar-refractivity contribution is 5.95. The van der Waals surface area contributed by atoms with E-state index in [0.29, 0.717) is 12.5 Å². The summed E-state index contributed by atoms with van der Waals surface area (Å²) in [7, 11) is 3.50. The third-order valence-electron chi connectivity index (χ3n) is 1.45. The number of hydrogen-bond donors (Lipinski definition) is 3. The van der Waals surface area contributed by atoms with Gasteiger partial charge in [0.2, 0.25) is 0 Å². The predicted octanol–water partition coefficient (Wildman–Crippen LogP) is 1.08. The summed E-state index contributed by atoms with van der Waals surface area (Å²) in [4.78, 5) is 0. The lowest BCUT2D eigenvalue weighted by atomic mass is 10.1. The number of rotatable bonds is 4. The Kier molecular flexibility index (Phi) is 26.0. The lowest BCUT2D eigenvalue weighted by molar-refractivity contribution is 0.268. The zero-order valence-electron chi connectivity index (χ0n) is 10.0. The van der Waals surface area contributed by atoms with Gasteiger partial charge < -0.3 is 15.9 Å². The van der Waals surface area contributed by atoms with Crippen LogP contribution < -0.4 is 5.73 Å². The van der Waals surface area contributed by atoms with Gasteiger partial charge >= 0.3 is 0 Å². The molecule has 0 amide bonds. The van der Waals surface area contributed by atoms with Gasteiger partial charge in [-0.3, -0.25) is 0 Å². The standard InChI is InChI=1S/C5H13N.C5H12O.BHO/c2*1-5(2)3-4-6;1-2/h5H,3-4,6H2,1-2H3;5-6H,3-4H2,1-2H3;2H. The van der Waals surface area contributed by atoms with Crippen molar-refractivity contribution in [2.24, 2.45) is 17.6 Å². The average molecular weight is 203 g/mol. The van der Waals surface area contributed by atoms with Crippen LogP contribution in [-0.4, -0.2) is 31.3 Å². The maximum atomic E-state index is 8.24. The normalized spacial score (nSPS) is 8.93.